The first-order valence-electron chi connectivity index (χ1n) is 4.59. The molecule has 5 heteroatoms. The summed E-state index contributed by atoms with van der Waals surface area (Å²) in [6, 6.07) is 1.35. The van der Waals surface area contributed by atoms with Gasteiger partial charge in [-0.05, 0) is 12.5 Å². The van der Waals surface area contributed by atoms with E-state index in [9.17, 15) is 9.18 Å². The Morgan fingerprint density at radius 2 is 2.40 bits per heavy atom. The van der Waals surface area contributed by atoms with Crippen molar-refractivity contribution in [2.24, 2.45) is 0 Å². The summed E-state index contributed by atoms with van der Waals surface area (Å²) in [6.07, 6.45) is 1.37. The van der Waals surface area contributed by atoms with Crippen LogP contribution in [0.3, 0.4) is 0 Å². The lowest BCUT2D eigenvalue weighted by atomic mass is 10.2. The molecule has 1 N–H and O–H groups in total. The predicted molar refractivity (Wildman–Crippen MR) is 51.5 cm³/mol. The van der Waals surface area contributed by atoms with Gasteiger partial charge in [0, 0.05) is 11.8 Å². The SMILES string of the molecule is CCCOc1cncc(C(F)C(=O)O)c1. The van der Waals surface area contributed by atoms with Crippen LogP contribution in [0, 0.1) is 0 Å². The van der Waals surface area contributed by atoms with Gasteiger partial charge in [-0.2, -0.15) is 0 Å². The van der Waals surface area contributed by atoms with Gasteiger partial charge in [0.15, 0.2) is 0 Å². The summed E-state index contributed by atoms with van der Waals surface area (Å²) in [5.74, 6) is -1.14. The lowest BCUT2D eigenvalue weighted by Crippen LogP contribution is -2.06. The summed E-state index contributed by atoms with van der Waals surface area (Å²) in [5.41, 5.74) is -0.00361. The highest BCUT2D eigenvalue weighted by Gasteiger charge is 2.19. The number of aromatic nitrogens is 1. The first kappa shape index (κ1) is 11.4. The van der Waals surface area contributed by atoms with E-state index >= 15 is 0 Å². The molecule has 1 aromatic rings. The minimum atomic E-state index is -2.05. The van der Waals surface area contributed by atoms with Crippen molar-refractivity contribution in [3.8, 4) is 5.75 Å². The Kier molecular flexibility index (Phi) is 4.03. The van der Waals surface area contributed by atoms with Crippen LogP contribution in [0.5, 0.6) is 5.75 Å². The Labute approximate surface area is 86.7 Å². The largest absolute Gasteiger partial charge is 0.492 e. The molecule has 0 aliphatic carbocycles. The first-order valence-corrected chi connectivity index (χ1v) is 4.59. The highest BCUT2D eigenvalue weighted by atomic mass is 19.1. The van der Waals surface area contributed by atoms with Crippen molar-refractivity contribution in [3.63, 3.8) is 0 Å². The van der Waals surface area contributed by atoms with Crippen molar-refractivity contribution in [3.05, 3.63) is 24.0 Å². The van der Waals surface area contributed by atoms with Crippen molar-refractivity contribution in [2.45, 2.75) is 19.5 Å². The molecule has 1 atom stereocenters. The molecule has 0 saturated heterocycles. The average Bonchev–Trinajstić information content (AvgIpc) is 2.25. The zero-order valence-electron chi connectivity index (χ0n) is 8.31. The summed E-state index contributed by atoms with van der Waals surface area (Å²) in [4.78, 5) is 14.1. The monoisotopic (exact) mass is 213 g/mol. The first-order chi connectivity index (χ1) is 7.15. The molecule has 15 heavy (non-hydrogen) atoms. The molecule has 0 bridgehead atoms. The van der Waals surface area contributed by atoms with Gasteiger partial charge in [-0.1, -0.05) is 6.92 Å². The van der Waals surface area contributed by atoms with Gasteiger partial charge in [0.05, 0.1) is 12.8 Å². The van der Waals surface area contributed by atoms with E-state index in [4.69, 9.17) is 9.84 Å². The second kappa shape index (κ2) is 5.29. The Bertz CT molecular complexity index is 343. The molecule has 0 saturated carbocycles. The predicted octanol–water partition coefficient (Wildman–Crippen LogP) is 1.97. The van der Waals surface area contributed by atoms with Gasteiger partial charge in [0.1, 0.15) is 5.75 Å². The minimum absolute atomic E-state index is 0.00361. The second-order valence-electron chi connectivity index (χ2n) is 3.00. The lowest BCUT2D eigenvalue weighted by Gasteiger charge is -2.06. The van der Waals surface area contributed by atoms with Gasteiger partial charge in [0.2, 0.25) is 6.17 Å². The van der Waals surface area contributed by atoms with Crippen LogP contribution in [0.25, 0.3) is 0 Å². The smallest absolute Gasteiger partial charge is 0.343 e. The van der Waals surface area contributed by atoms with Crippen LogP contribution in [-0.4, -0.2) is 22.7 Å². The zero-order chi connectivity index (χ0) is 11.3. The lowest BCUT2D eigenvalue weighted by molar-refractivity contribution is -0.143. The fourth-order valence-electron chi connectivity index (χ4n) is 1.02. The topological polar surface area (TPSA) is 59.4 Å². The van der Waals surface area contributed by atoms with E-state index < -0.39 is 12.1 Å². The van der Waals surface area contributed by atoms with E-state index in [-0.39, 0.29) is 5.56 Å². The molecule has 0 aliphatic heterocycles. The molecule has 82 valence electrons. The van der Waals surface area contributed by atoms with E-state index in [2.05, 4.69) is 4.98 Å². The molecule has 4 nitrogen and oxygen atoms in total. The van der Waals surface area contributed by atoms with Crippen LogP contribution in [0.1, 0.15) is 25.1 Å². The molecule has 1 unspecified atom stereocenters. The number of rotatable bonds is 5. The van der Waals surface area contributed by atoms with Crippen molar-refractivity contribution in [1.82, 2.24) is 4.98 Å². The van der Waals surface area contributed by atoms with Crippen molar-refractivity contribution in [1.29, 1.82) is 0 Å². The van der Waals surface area contributed by atoms with Gasteiger partial charge in [-0.25, -0.2) is 9.18 Å². The van der Waals surface area contributed by atoms with E-state index in [1.807, 2.05) is 6.92 Å². The van der Waals surface area contributed by atoms with Crippen LogP contribution in [0.2, 0.25) is 0 Å². The fraction of sp³-hybridized carbons (Fsp3) is 0.400. The normalized spacial score (nSPS) is 12.1. The van der Waals surface area contributed by atoms with Crippen LogP contribution in [-0.2, 0) is 4.79 Å². The van der Waals surface area contributed by atoms with E-state index in [1.54, 1.807) is 0 Å². The maximum absolute atomic E-state index is 13.1. The average molecular weight is 213 g/mol. The summed E-state index contributed by atoms with van der Waals surface area (Å²) in [6.45, 7) is 2.43. The highest BCUT2D eigenvalue weighted by Crippen LogP contribution is 2.20. The van der Waals surface area contributed by atoms with Gasteiger partial charge < -0.3 is 9.84 Å². The molecule has 1 rings (SSSR count). The third kappa shape index (κ3) is 3.19. The molecule has 0 spiro atoms. The number of hydrogen-bond donors (Lipinski definition) is 1. The van der Waals surface area contributed by atoms with Crippen LogP contribution >= 0.6 is 0 Å². The van der Waals surface area contributed by atoms with Crippen molar-refractivity contribution >= 4 is 5.97 Å². The number of pyridine rings is 1. The third-order valence-electron chi connectivity index (χ3n) is 1.72. The second-order valence-corrected chi connectivity index (χ2v) is 3.00. The summed E-state index contributed by atoms with van der Waals surface area (Å²) in [7, 11) is 0. The molecular formula is C10H12FNO3. The Balaban J connectivity index is 2.77. The zero-order valence-corrected chi connectivity index (χ0v) is 8.31. The molecular weight excluding hydrogens is 201 g/mol. The number of carboxylic acid groups (broad SMARTS) is 1. The van der Waals surface area contributed by atoms with Crippen LogP contribution in [0.15, 0.2) is 18.5 Å². The van der Waals surface area contributed by atoms with Crippen molar-refractivity contribution in [2.75, 3.05) is 6.61 Å². The number of carbonyl (C=O) groups is 1. The van der Waals surface area contributed by atoms with Gasteiger partial charge in [-0.3, -0.25) is 4.98 Å². The number of carboxylic acids is 1. The molecule has 1 heterocycles. The van der Waals surface area contributed by atoms with Crippen molar-refractivity contribution < 1.29 is 19.0 Å². The fourth-order valence-corrected chi connectivity index (χ4v) is 1.02. The molecule has 1 aromatic heterocycles. The number of halogens is 1. The van der Waals surface area contributed by atoms with Crippen LogP contribution < -0.4 is 4.74 Å². The Hall–Kier alpha value is -1.65. The molecule has 0 amide bonds. The Morgan fingerprint density at radius 3 is 3.00 bits per heavy atom. The number of aliphatic carboxylic acids is 1. The molecule has 0 fully saturated rings. The quantitative estimate of drug-likeness (QED) is 0.812. The summed E-state index contributed by atoms with van der Waals surface area (Å²) < 4.78 is 18.3. The third-order valence-corrected chi connectivity index (χ3v) is 1.72. The van der Waals surface area contributed by atoms with Gasteiger partial charge in [-0.15, -0.1) is 0 Å². The van der Waals surface area contributed by atoms with Gasteiger partial charge >= 0.3 is 5.97 Å². The summed E-state index contributed by atoms with van der Waals surface area (Å²) in [5, 5.41) is 8.46. The molecule has 0 aliphatic rings. The standard InChI is InChI=1S/C10H12FNO3/c1-2-3-15-8-4-7(5-12-6-8)9(11)10(13)14/h4-6,9H,2-3H2,1H3,(H,13,14). The summed E-state index contributed by atoms with van der Waals surface area (Å²) >= 11 is 0. The molecule has 0 aromatic carbocycles. The van der Waals surface area contributed by atoms with E-state index in [0.29, 0.717) is 12.4 Å². The van der Waals surface area contributed by atoms with E-state index in [1.165, 1.54) is 18.5 Å². The maximum Gasteiger partial charge on any atom is 0.343 e. The maximum atomic E-state index is 13.1. The van der Waals surface area contributed by atoms with Crippen LogP contribution in [0.4, 0.5) is 4.39 Å². The number of hydrogen-bond acceptors (Lipinski definition) is 3. The van der Waals surface area contributed by atoms with E-state index in [0.717, 1.165) is 6.42 Å². The minimum Gasteiger partial charge on any atom is -0.492 e. The van der Waals surface area contributed by atoms with Gasteiger partial charge in [0.25, 0.3) is 0 Å². The molecule has 0 radical (unpaired) electrons. The number of alkyl halides is 1. The Morgan fingerprint density at radius 1 is 1.67 bits per heavy atom. The number of nitrogens with zero attached hydrogens (tertiary/aromatic N) is 1. The highest BCUT2D eigenvalue weighted by molar-refractivity contribution is 5.74. The number of ether oxygens (including phenoxy) is 1.